The molecule has 1 heterocycles. The van der Waals surface area contributed by atoms with Crippen molar-refractivity contribution in [2.24, 2.45) is 0 Å². The zero-order valence-corrected chi connectivity index (χ0v) is 11.5. The molecule has 4 heteroatoms. The first-order valence-electron chi connectivity index (χ1n) is 4.79. The van der Waals surface area contributed by atoms with E-state index >= 15 is 0 Å². The van der Waals surface area contributed by atoms with Crippen LogP contribution in [0.3, 0.4) is 0 Å². The van der Waals surface area contributed by atoms with Crippen LogP contribution in [0.5, 0.6) is 0 Å². The molecule has 80 valence electrons. The van der Waals surface area contributed by atoms with Crippen LogP contribution in [0.2, 0.25) is 0 Å². The molecule has 1 aromatic carbocycles. The fourth-order valence-corrected chi connectivity index (χ4v) is 2.71. The van der Waals surface area contributed by atoms with Gasteiger partial charge in [-0.15, -0.1) is 0 Å². The molecule has 0 bridgehead atoms. The molecular weight excluding hydrogens is 322 g/mol. The van der Waals surface area contributed by atoms with Gasteiger partial charge in [-0.2, -0.15) is 0 Å². The lowest BCUT2D eigenvalue weighted by molar-refractivity contribution is -0.117. The predicted octanol–water partition coefficient (Wildman–Crippen LogP) is 3.26. The first-order chi connectivity index (χ1) is 7.09. The number of amides is 1. The molecule has 1 aromatic rings. The highest BCUT2D eigenvalue weighted by atomic mass is 79.9. The van der Waals surface area contributed by atoms with E-state index in [9.17, 15) is 4.79 Å². The smallest absolute Gasteiger partial charge is 0.228 e. The van der Waals surface area contributed by atoms with Gasteiger partial charge in [-0.3, -0.25) is 4.79 Å². The highest BCUT2D eigenvalue weighted by Crippen LogP contribution is 2.31. The van der Waals surface area contributed by atoms with E-state index in [2.05, 4.69) is 31.9 Å². The summed E-state index contributed by atoms with van der Waals surface area (Å²) < 4.78 is 1.05. The quantitative estimate of drug-likeness (QED) is 0.723. The summed E-state index contributed by atoms with van der Waals surface area (Å²) in [5, 5.41) is 0. The van der Waals surface area contributed by atoms with Crippen LogP contribution in [-0.2, 0) is 4.79 Å². The lowest BCUT2D eigenvalue weighted by Gasteiger charge is -2.19. The van der Waals surface area contributed by atoms with E-state index in [4.69, 9.17) is 0 Å². The van der Waals surface area contributed by atoms with Crippen molar-refractivity contribution < 1.29 is 4.79 Å². The molecule has 1 saturated heterocycles. The van der Waals surface area contributed by atoms with Gasteiger partial charge in [0.1, 0.15) is 0 Å². The molecule has 1 aliphatic rings. The number of hydrogen-bond acceptors (Lipinski definition) is 1. The second-order valence-corrected chi connectivity index (χ2v) is 5.84. The molecule has 0 spiro atoms. The molecule has 0 aromatic heterocycles. The van der Waals surface area contributed by atoms with Crippen molar-refractivity contribution in [2.75, 3.05) is 11.4 Å². The summed E-state index contributed by atoms with van der Waals surface area (Å²) in [5.74, 6) is 0.193. The summed E-state index contributed by atoms with van der Waals surface area (Å²) in [5.41, 5.74) is 2.13. The Kier molecular flexibility index (Phi) is 3.16. The molecule has 1 fully saturated rings. The van der Waals surface area contributed by atoms with E-state index in [1.807, 2.05) is 30.0 Å². The van der Waals surface area contributed by atoms with Gasteiger partial charge in [0, 0.05) is 28.0 Å². The monoisotopic (exact) mass is 331 g/mol. The summed E-state index contributed by atoms with van der Waals surface area (Å²) in [6.45, 7) is 2.78. The third-order valence-corrected chi connectivity index (χ3v) is 4.08. The van der Waals surface area contributed by atoms with Crippen LogP contribution in [0.15, 0.2) is 22.7 Å². The minimum atomic E-state index is 0.193. The second-order valence-electron chi connectivity index (χ2n) is 3.69. The van der Waals surface area contributed by atoms with Crippen molar-refractivity contribution in [3.8, 4) is 0 Å². The van der Waals surface area contributed by atoms with Gasteiger partial charge in [0.05, 0.1) is 0 Å². The molecular formula is C11H11Br2NO. The first-order valence-corrected chi connectivity index (χ1v) is 6.50. The van der Waals surface area contributed by atoms with E-state index in [-0.39, 0.29) is 10.7 Å². The van der Waals surface area contributed by atoms with E-state index in [1.165, 1.54) is 0 Å². The number of hydrogen-bond donors (Lipinski definition) is 0. The third-order valence-electron chi connectivity index (χ3n) is 2.61. The lowest BCUT2D eigenvalue weighted by atomic mass is 10.2. The molecule has 0 aliphatic carbocycles. The summed E-state index contributed by atoms with van der Waals surface area (Å²) in [7, 11) is 0. The zero-order chi connectivity index (χ0) is 11.0. The number of rotatable bonds is 1. The Balaban J connectivity index is 2.38. The molecule has 1 aliphatic heterocycles. The van der Waals surface area contributed by atoms with Crippen LogP contribution in [-0.4, -0.2) is 17.3 Å². The first kappa shape index (κ1) is 11.1. The highest BCUT2D eigenvalue weighted by molar-refractivity contribution is 9.10. The van der Waals surface area contributed by atoms with Crippen LogP contribution in [0.25, 0.3) is 0 Å². The number of benzene rings is 1. The molecule has 2 rings (SSSR count). The van der Waals surface area contributed by atoms with Crippen molar-refractivity contribution in [1.82, 2.24) is 0 Å². The molecule has 1 amide bonds. The van der Waals surface area contributed by atoms with Gasteiger partial charge in [-0.1, -0.05) is 37.9 Å². The van der Waals surface area contributed by atoms with E-state index in [0.717, 1.165) is 22.3 Å². The molecule has 2 nitrogen and oxygen atoms in total. The van der Waals surface area contributed by atoms with Gasteiger partial charge in [-0.25, -0.2) is 0 Å². The van der Waals surface area contributed by atoms with Gasteiger partial charge in [0.15, 0.2) is 0 Å². The summed E-state index contributed by atoms with van der Waals surface area (Å²) in [6, 6.07) is 5.94. The molecule has 1 unspecified atom stereocenters. The number of carbonyl (C=O) groups excluding carboxylic acids is 1. The average molecular weight is 333 g/mol. The van der Waals surface area contributed by atoms with Crippen LogP contribution in [0.1, 0.15) is 12.0 Å². The number of anilines is 1. The van der Waals surface area contributed by atoms with Crippen LogP contribution in [0.4, 0.5) is 5.69 Å². The fourth-order valence-electron chi connectivity index (χ4n) is 1.79. The Bertz CT molecular complexity index is 406. The van der Waals surface area contributed by atoms with Crippen molar-refractivity contribution in [3.05, 3.63) is 28.2 Å². The van der Waals surface area contributed by atoms with Crippen LogP contribution >= 0.6 is 31.9 Å². The molecule has 0 N–H and O–H groups in total. The number of nitrogens with zero attached hydrogens (tertiary/aromatic N) is 1. The zero-order valence-electron chi connectivity index (χ0n) is 8.34. The molecule has 1 atom stereocenters. The van der Waals surface area contributed by atoms with Crippen molar-refractivity contribution >= 4 is 43.5 Å². The van der Waals surface area contributed by atoms with Crippen molar-refractivity contribution in [3.63, 3.8) is 0 Å². The van der Waals surface area contributed by atoms with E-state index in [1.54, 1.807) is 0 Å². The number of carbonyl (C=O) groups is 1. The van der Waals surface area contributed by atoms with Gasteiger partial charge >= 0.3 is 0 Å². The van der Waals surface area contributed by atoms with Gasteiger partial charge < -0.3 is 4.90 Å². The average Bonchev–Trinajstić information content (AvgIpc) is 2.50. The van der Waals surface area contributed by atoms with Gasteiger partial charge in [0.25, 0.3) is 0 Å². The van der Waals surface area contributed by atoms with Crippen LogP contribution < -0.4 is 4.90 Å². The summed E-state index contributed by atoms with van der Waals surface area (Å²) in [4.78, 5) is 13.9. The molecule has 0 saturated carbocycles. The maximum Gasteiger partial charge on any atom is 0.228 e. The van der Waals surface area contributed by atoms with E-state index in [0.29, 0.717) is 6.42 Å². The summed E-state index contributed by atoms with van der Waals surface area (Å²) in [6.07, 6.45) is 0.589. The highest BCUT2D eigenvalue weighted by Gasteiger charge is 2.29. The predicted molar refractivity (Wildman–Crippen MR) is 68.6 cm³/mol. The Morgan fingerprint density at radius 1 is 1.47 bits per heavy atom. The van der Waals surface area contributed by atoms with Crippen molar-refractivity contribution in [1.29, 1.82) is 0 Å². The number of halogens is 2. The maximum atomic E-state index is 11.7. The van der Waals surface area contributed by atoms with Gasteiger partial charge in [-0.05, 0) is 24.6 Å². The fraction of sp³-hybridized carbons (Fsp3) is 0.364. The largest absolute Gasteiger partial charge is 0.311 e. The summed E-state index contributed by atoms with van der Waals surface area (Å²) >= 11 is 6.96. The molecule has 0 radical (unpaired) electrons. The minimum Gasteiger partial charge on any atom is -0.311 e. The second kappa shape index (κ2) is 4.26. The number of alkyl halides is 1. The lowest BCUT2D eigenvalue weighted by Crippen LogP contribution is -2.25. The normalized spacial score (nSPS) is 21.1. The topological polar surface area (TPSA) is 20.3 Å². The Morgan fingerprint density at radius 3 is 2.80 bits per heavy atom. The van der Waals surface area contributed by atoms with Crippen LogP contribution in [0, 0.1) is 6.92 Å². The third kappa shape index (κ3) is 2.11. The van der Waals surface area contributed by atoms with E-state index < -0.39 is 0 Å². The Hall–Kier alpha value is -0.350. The molecule has 15 heavy (non-hydrogen) atoms. The standard InChI is InChI=1S/C11H11Br2NO/c1-7-9(13)3-2-4-10(7)14-6-8(12)5-11(14)15/h2-4,8H,5-6H2,1H3. The van der Waals surface area contributed by atoms with Crippen molar-refractivity contribution in [2.45, 2.75) is 18.2 Å². The Labute approximate surface area is 106 Å². The SMILES string of the molecule is Cc1c(Br)cccc1N1CC(Br)CC1=O. The Morgan fingerprint density at radius 2 is 2.20 bits per heavy atom. The maximum absolute atomic E-state index is 11.7. The minimum absolute atomic E-state index is 0.193. The van der Waals surface area contributed by atoms with Gasteiger partial charge in [0.2, 0.25) is 5.91 Å².